The van der Waals surface area contributed by atoms with Crippen molar-refractivity contribution >= 4 is 11.8 Å². The molecule has 1 aromatic rings. The van der Waals surface area contributed by atoms with E-state index in [1.165, 1.54) is 0 Å². The van der Waals surface area contributed by atoms with Gasteiger partial charge in [0.1, 0.15) is 6.20 Å². The molecule has 1 aromatic heterocycles. The fraction of sp³-hybridized carbons (Fsp3) is 0.583. The Morgan fingerprint density at radius 2 is 2.06 bits per heavy atom. The minimum absolute atomic E-state index is 0.0672. The Balaban J connectivity index is 2.03. The molecule has 0 saturated carbocycles. The van der Waals surface area contributed by atoms with E-state index in [9.17, 15) is 9.59 Å². The lowest BCUT2D eigenvalue weighted by molar-refractivity contribution is -0.145. The number of carbonyl (C=O) groups excluding carboxylic acids is 2. The number of imidazole rings is 1. The first-order valence-electron chi connectivity index (χ1n) is 5.85. The van der Waals surface area contributed by atoms with E-state index in [1.807, 2.05) is 20.8 Å². The lowest BCUT2D eigenvalue weighted by Gasteiger charge is -2.43. The number of primary amides is 1. The first-order chi connectivity index (χ1) is 8.30. The molecule has 18 heavy (non-hydrogen) atoms. The Labute approximate surface area is 106 Å². The van der Waals surface area contributed by atoms with Gasteiger partial charge in [-0.15, -0.1) is 0 Å². The summed E-state index contributed by atoms with van der Waals surface area (Å²) in [5.74, 6) is -0.261. The molecule has 1 radical (unpaired) electrons. The molecule has 97 valence electrons. The SMILES string of the molecule is CC(C)(C)C(=O)N1CC(n2c[c]nc2C(N)=O)C1. The molecule has 0 aromatic carbocycles. The van der Waals surface area contributed by atoms with Crippen LogP contribution in [-0.2, 0) is 4.79 Å². The molecule has 6 nitrogen and oxygen atoms in total. The van der Waals surface area contributed by atoms with E-state index in [-0.39, 0.29) is 23.2 Å². The number of rotatable bonds is 2. The van der Waals surface area contributed by atoms with Gasteiger partial charge in [0.05, 0.1) is 6.04 Å². The maximum Gasteiger partial charge on any atom is 0.284 e. The minimum Gasteiger partial charge on any atom is -0.363 e. The van der Waals surface area contributed by atoms with Crippen molar-refractivity contribution in [3.05, 3.63) is 18.2 Å². The maximum atomic E-state index is 12.0. The quantitative estimate of drug-likeness (QED) is 0.813. The van der Waals surface area contributed by atoms with Gasteiger partial charge >= 0.3 is 0 Å². The van der Waals surface area contributed by atoms with E-state index >= 15 is 0 Å². The average molecular weight is 249 g/mol. The number of nitrogens with two attached hydrogens (primary N) is 1. The summed E-state index contributed by atoms with van der Waals surface area (Å²) in [7, 11) is 0. The molecule has 2 N–H and O–H groups in total. The number of hydrogen-bond acceptors (Lipinski definition) is 3. The Kier molecular flexibility index (Phi) is 2.88. The smallest absolute Gasteiger partial charge is 0.284 e. The second-order valence-corrected chi connectivity index (χ2v) is 5.58. The molecule has 2 amide bonds. The Bertz CT molecular complexity index is 481. The molecule has 2 heterocycles. The lowest BCUT2D eigenvalue weighted by Crippen LogP contribution is -2.54. The molecule has 1 aliphatic heterocycles. The highest BCUT2D eigenvalue weighted by atomic mass is 16.2. The van der Waals surface area contributed by atoms with Crippen molar-refractivity contribution in [2.75, 3.05) is 13.1 Å². The summed E-state index contributed by atoms with van der Waals surface area (Å²) in [4.78, 5) is 28.7. The maximum absolute atomic E-state index is 12.0. The summed E-state index contributed by atoms with van der Waals surface area (Å²) in [6, 6.07) is 0.0672. The number of carbonyl (C=O) groups is 2. The van der Waals surface area contributed by atoms with E-state index in [0.717, 1.165) is 0 Å². The summed E-state index contributed by atoms with van der Waals surface area (Å²) in [6.45, 7) is 6.84. The fourth-order valence-electron chi connectivity index (χ4n) is 2.00. The predicted molar refractivity (Wildman–Crippen MR) is 64.7 cm³/mol. The van der Waals surface area contributed by atoms with Gasteiger partial charge in [-0.05, 0) is 0 Å². The van der Waals surface area contributed by atoms with E-state index in [1.54, 1.807) is 15.7 Å². The van der Waals surface area contributed by atoms with Crippen molar-refractivity contribution in [2.45, 2.75) is 26.8 Å². The zero-order valence-corrected chi connectivity index (χ0v) is 10.8. The summed E-state index contributed by atoms with van der Waals surface area (Å²) in [6.07, 6.45) is 4.21. The van der Waals surface area contributed by atoms with Gasteiger partial charge in [0.15, 0.2) is 5.82 Å². The van der Waals surface area contributed by atoms with Gasteiger partial charge in [-0.1, -0.05) is 20.8 Å². The second kappa shape index (κ2) is 4.12. The molecule has 1 saturated heterocycles. The number of nitrogens with zero attached hydrogens (tertiary/aromatic N) is 3. The molecule has 0 atom stereocenters. The first-order valence-corrected chi connectivity index (χ1v) is 5.85. The van der Waals surface area contributed by atoms with Crippen molar-refractivity contribution in [2.24, 2.45) is 11.1 Å². The van der Waals surface area contributed by atoms with Crippen LogP contribution in [0.15, 0.2) is 6.20 Å². The Hall–Kier alpha value is -1.85. The minimum atomic E-state index is -0.572. The van der Waals surface area contributed by atoms with Crippen LogP contribution in [0.4, 0.5) is 0 Å². The van der Waals surface area contributed by atoms with Gasteiger partial charge in [0, 0.05) is 24.7 Å². The van der Waals surface area contributed by atoms with Crippen molar-refractivity contribution in [3.8, 4) is 0 Å². The van der Waals surface area contributed by atoms with Gasteiger partial charge in [0.2, 0.25) is 5.91 Å². The van der Waals surface area contributed by atoms with Gasteiger partial charge in [-0.3, -0.25) is 9.59 Å². The molecule has 0 bridgehead atoms. The summed E-state index contributed by atoms with van der Waals surface area (Å²) >= 11 is 0. The van der Waals surface area contributed by atoms with Crippen LogP contribution in [0.1, 0.15) is 37.4 Å². The van der Waals surface area contributed by atoms with Crippen LogP contribution in [0.2, 0.25) is 0 Å². The van der Waals surface area contributed by atoms with E-state index < -0.39 is 5.91 Å². The lowest BCUT2D eigenvalue weighted by atomic mass is 9.92. The number of likely N-dealkylation sites (tertiary alicyclic amines) is 1. The topological polar surface area (TPSA) is 81.2 Å². The van der Waals surface area contributed by atoms with Crippen molar-refractivity contribution in [1.82, 2.24) is 14.5 Å². The number of amides is 2. The molecule has 2 rings (SSSR count). The standard InChI is InChI=1S/C12H17N4O2/c1-12(2,3)11(18)15-6-8(7-15)16-5-4-14-10(16)9(13)17/h5,8H,6-7H2,1-3H3,(H2,13,17). The highest BCUT2D eigenvalue weighted by Crippen LogP contribution is 2.27. The molecule has 6 heteroatoms. The molecule has 0 spiro atoms. The van der Waals surface area contributed by atoms with Crippen LogP contribution in [0, 0.1) is 11.6 Å². The molecule has 1 fully saturated rings. The van der Waals surface area contributed by atoms with Crippen LogP contribution in [0.3, 0.4) is 0 Å². The molecular weight excluding hydrogens is 232 g/mol. The van der Waals surface area contributed by atoms with Crippen LogP contribution in [-0.4, -0.2) is 39.4 Å². The molecule has 0 aliphatic carbocycles. The van der Waals surface area contributed by atoms with Crippen LogP contribution >= 0.6 is 0 Å². The summed E-state index contributed by atoms with van der Waals surface area (Å²) in [5.41, 5.74) is 4.84. The summed E-state index contributed by atoms with van der Waals surface area (Å²) in [5, 5.41) is 0. The van der Waals surface area contributed by atoms with Gasteiger partial charge < -0.3 is 15.2 Å². The number of hydrogen-bond donors (Lipinski definition) is 1. The third-order valence-corrected chi connectivity index (χ3v) is 3.02. The average Bonchev–Trinajstić information content (AvgIpc) is 2.62. The van der Waals surface area contributed by atoms with E-state index in [0.29, 0.717) is 13.1 Å². The normalized spacial score (nSPS) is 16.5. The zero-order chi connectivity index (χ0) is 13.5. The van der Waals surface area contributed by atoms with Crippen molar-refractivity contribution < 1.29 is 9.59 Å². The van der Waals surface area contributed by atoms with Crippen LogP contribution in [0.5, 0.6) is 0 Å². The molecule has 1 aliphatic rings. The zero-order valence-electron chi connectivity index (χ0n) is 10.8. The Morgan fingerprint density at radius 1 is 1.44 bits per heavy atom. The highest BCUT2D eigenvalue weighted by molar-refractivity contribution is 5.89. The molecular formula is C12H17N4O2. The third kappa shape index (κ3) is 2.10. The van der Waals surface area contributed by atoms with Crippen LogP contribution in [0.25, 0.3) is 0 Å². The van der Waals surface area contributed by atoms with Crippen molar-refractivity contribution in [3.63, 3.8) is 0 Å². The van der Waals surface area contributed by atoms with Crippen LogP contribution < -0.4 is 5.73 Å². The largest absolute Gasteiger partial charge is 0.363 e. The first kappa shape index (κ1) is 12.6. The van der Waals surface area contributed by atoms with Gasteiger partial charge in [0.25, 0.3) is 5.91 Å². The van der Waals surface area contributed by atoms with Gasteiger partial charge in [-0.2, -0.15) is 0 Å². The van der Waals surface area contributed by atoms with Crippen molar-refractivity contribution in [1.29, 1.82) is 0 Å². The van der Waals surface area contributed by atoms with E-state index in [2.05, 4.69) is 11.2 Å². The highest BCUT2D eigenvalue weighted by Gasteiger charge is 2.37. The van der Waals surface area contributed by atoms with E-state index in [4.69, 9.17) is 5.73 Å². The number of aromatic nitrogens is 2. The summed E-state index contributed by atoms with van der Waals surface area (Å²) < 4.78 is 1.69. The van der Waals surface area contributed by atoms with Gasteiger partial charge in [-0.25, -0.2) is 4.98 Å². The monoisotopic (exact) mass is 249 g/mol. The fourth-order valence-corrected chi connectivity index (χ4v) is 2.00. The second-order valence-electron chi connectivity index (χ2n) is 5.58. The predicted octanol–water partition coefficient (Wildman–Crippen LogP) is 0.212. The third-order valence-electron chi connectivity index (χ3n) is 3.02. The Morgan fingerprint density at radius 3 is 2.56 bits per heavy atom. The molecule has 0 unspecified atom stereocenters.